The number of carbonyl (C=O) groups excluding carboxylic acids is 1. The van der Waals surface area contributed by atoms with E-state index in [0.717, 1.165) is 29.0 Å². The summed E-state index contributed by atoms with van der Waals surface area (Å²) in [4.78, 5) is 11.7. The number of aryl methyl sites for hydroxylation is 2. The highest BCUT2D eigenvalue weighted by molar-refractivity contribution is 5.93. The standard InChI is InChI=1S/C14H21NO2/c1-6-11-8-13(17-5)10(4)7-12(11)15-14(16)9(2)3/h7-9H,6H2,1-5H3,(H,15,16). The summed E-state index contributed by atoms with van der Waals surface area (Å²) in [5, 5.41) is 2.96. The monoisotopic (exact) mass is 235 g/mol. The van der Waals surface area contributed by atoms with Crippen LogP contribution >= 0.6 is 0 Å². The minimum atomic E-state index is -0.0119. The highest BCUT2D eigenvalue weighted by Gasteiger charge is 2.11. The van der Waals surface area contributed by atoms with Crippen LogP contribution in [0.3, 0.4) is 0 Å². The van der Waals surface area contributed by atoms with Gasteiger partial charge in [-0.25, -0.2) is 0 Å². The minimum Gasteiger partial charge on any atom is -0.496 e. The van der Waals surface area contributed by atoms with Gasteiger partial charge in [-0.1, -0.05) is 20.8 Å². The van der Waals surface area contributed by atoms with E-state index in [1.807, 2.05) is 32.9 Å². The van der Waals surface area contributed by atoms with Gasteiger partial charge in [0.2, 0.25) is 5.91 Å². The fourth-order valence-corrected chi connectivity index (χ4v) is 1.64. The van der Waals surface area contributed by atoms with E-state index in [-0.39, 0.29) is 11.8 Å². The molecule has 3 nitrogen and oxygen atoms in total. The van der Waals surface area contributed by atoms with Crippen molar-refractivity contribution in [1.82, 2.24) is 0 Å². The average Bonchev–Trinajstić information content (AvgIpc) is 2.29. The normalized spacial score (nSPS) is 10.5. The maximum absolute atomic E-state index is 11.7. The Labute approximate surface area is 103 Å². The molecule has 3 heteroatoms. The summed E-state index contributed by atoms with van der Waals surface area (Å²) in [5.74, 6) is 0.899. The molecule has 0 bridgehead atoms. The van der Waals surface area contributed by atoms with Crippen LogP contribution in [0.2, 0.25) is 0 Å². The van der Waals surface area contributed by atoms with Gasteiger partial charge in [-0.2, -0.15) is 0 Å². The highest BCUT2D eigenvalue weighted by Crippen LogP contribution is 2.27. The lowest BCUT2D eigenvalue weighted by Gasteiger charge is -2.15. The van der Waals surface area contributed by atoms with E-state index < -0.39 is 0 Å². The van der Waals surface area contributed by atoms with Gasteiger partial charge in [-0.15, -0.1) is 0 Å². The summed E-state index contributed by atoms with van der Waals surface area (Å²) in [7, 11) is 1.66. The number of ether oxygens (including phenoxy) is 1. The maximum Gasteiger partial charge on any atom is 0.226 e. The molecule has 0 heterocycles. The molecule has 0 aromatic heterocycles. The molecule has 1 aromatic carbocycles. The van der Waals surface area contributed by atoms with Gasteiger partial charge in [-0.3, -0.25) is 4.79 Å². The Bertz CT molecular complexity index is 411. The van der Waals surface area contributed by atoms with Gasteiger partial charge in [0.05, 0.1) is 7.11 Å². The molecule has 94 valence electrons. The van der Waals surface area contributed by atoms with Crippen LogP contribution in [0.5, 0.6) is 5.75 Å². The number of benzene rings is 1. The predicted octanol–water partition coefficient (Wildman–Crippen LogP) is 3.16. The van der Waals surface area contributed by atoms with Crippen molar-refractivity contribution in [3.63, 3.8) is 0 Å². The molecule has 17 heavy (non-hydrogen) atoms. The largest absolute Gasteiger partial charge is 0.496 e. The third kappa shape index (κ3) is 3.22. The second-order valence-corrected chi connectivity index (χ2v) is 4.48. The van der Waals surface area contributed by atoms with Crippen molar-refractivity contribution in [2.24, 2.45) is 5.92 Å². The molecule has 0 spiro atoms. The quantitative estimate of drug-likeness (QED) is 0.870. The number of nitrogens with one attached hydrogen (secondary N) is 1. The highest BCUT2D eigenvalue weighted by atomic mass is 16.5. The molecule has 0 aliphatic carbocycles. The maximum atomic E-state index is 11.7. The first-order valence-electron chi connectivity index (χ1n) is 5.98. The summed E-state index contributed by atoms with van der Waals surface area (Å²) < 4.78 is 5.28. The molecule has 1 amide bonds. The van der Waals surface area contributed by atoms with Crippen molar-refractivity contribution in [2.45, 2.75) is 34.1 Å². The Morgan fingerprint density at radius 2 is 2.06 bits per heavy atom. The molecule has 1 rings (SSSR count). The zero-order valence-electron chi connectivity index (χ0n) is 11.3. The van der Waals surface area contributed by atoms with Crippen molar-refractivity contribution >= 4 is 11.6 Å². The van der Waals surface area contributed by atoms with E-state index in [1.54, 1.807) is 7.11 Å². The summed E-state index contributed by atoms with van der Waals surface area (Å²) >= 11 is 0. The van der Waals surface area contributed by atoms with Gasteiger partial charge < -0.3 is 10.1 Å². The Morgan fingerprint density at radius 3 is 2.53 bits per heavy atom. The molecule has 0 aliphatic rings. The zero-order chi connectivity index (χ0) is 13.0. The van der Waals surface area contributed by atoms with Gasteiger partial charge in [-0.05, 0) is 36.6 Å². The van der Waals surface area contributed by atoms with Crippen molar-refractivity contribution in [3.05, 3.63) is 23.3 Å². The third-order valence-corrected chi connectivity index (χ3v) is 2.78. The lowest BCUT2D eigenvalue weighted by Crippen LogP contribution is -2.18. The number of hydrogen-bond donors (Lipinski definition) is 1. The Kier molecular flexibility index (Phi) is 4.55. The smallest absolute Gasteiger partial charge is 0.226 e. The SMILES string of the molecule is CCc1cc(OC)c(C)cc1NC(=O)C(C)C. The molecular weight excluding hydrogens is 214 g/mol. The molecule has 1 N–H and O–H groups in total. The number of rotatable bonds is 4. The van der Waals surface area contributed by atoms with Crippen molar-refractivity contribution in [1.29, 1.82) is 0 Å². The van der Waals surface area contributed by atoms with Gasteiger partial charge in [0.25, 0.3) is 0 Å². The van der Waals surface area contributed by atoms with Gasteiger partial charge in [0.15, 0.2) is 0 Å². The van der Waals surface area contributed by atoms with E-state index in [1.165, 1.54) is 0 Å². The first-order chi connectivity index (χ1) is 7.99. The molecule has 0 fully saturated rings. The second-order valence-electron chi connectivity index (χ2n) is 4.48. The first-order valence-corrected chi connectivity index (χ1v) is 5.98. The Hall–Kier alpha value is -1.51. The number of anilines is 1. The van der Waals surface area contributed by atoms with Crippen LogP contribution < -0.4 is 10.1 Å². The van der Waals surface area contributed by atoms with Gasteiger partial charge in [0, 0.05) is 11.6 Å². The lowest BCUT2D eigenvalue weighted by atomic mass is 10.1. The van der Waals surface area contributed by atoms with Crippen LogP contribution in [0, 0.1) is 12.8 Å². The number of methoxy groups -OCH3 is 1. The van der Waals surface area contributed by atoms with Crippen molar-refractivity contribution in [3.8, 4) is 5.75 Å². The minimum absolute atomic E-state index is 0.0119. The van der Waals surface area contributed by atoms with Crippen molar-refractivity contribution in [2.75, 3.05) is 12.4 Å². The number of amides is 1. The first kappa shape index (κ1) is 13.6. The fraction of sp³-hybridized carbons (Fsp3) is 0.500. The zero-order valence-corrected chi connectivity index (χ0v) is 11.3. The van der Waals surface area contributed by atoms with E-state index in [2.05, 4.69) is 12.2 Å². The molecule has 0 saturated heterocycles. The van der Waals surface area contributed by atoms with E-state index in [4.69, 9.17) is 4.74 Å². The predicted molar refractivity (Wildman–Crippen MR) is 70.6 cm³/mol. The van der Waals surface area contributed by atoms with Gasteiger partial charge in [0.1, 0.15) is 5.75 Å². The summed E-state index contributed by atoms with van der Waals surface area (Å²) in [6, 6.07) is 3.96. The van der Waals surface area contributed by atoms with E-state index in [9.17, 15) is 4.79 Å². The molecule has 0 aliphatic heterocycles. The van der Waals surface area contributed by atoms with Crippen LogP contribution in [0.1, 0.15) is 31.9 Å². The van der Waals surface area contributed by atoms with Crippen LogP contribution in [-0.2, 0) is 11.2 Å². The Morgan fingerprint density at radius 1 is 1.41 bits per heavy atom. The van der Waals surface area contributed by atoms with E-state index >= 15 is 0 Å². The van der Waals surface area contributed by atoms with Crippen LogP contribution in [0.15, 0.2) is 12.1 Å². The van der Waals surface area contributed by atoms with Crippen LogP contribution in [-0.4, -0.2) is 13.0 Å². The molecule has 0 atom stereocenters. The van der Waals surface area contributed by atoms with E-state index in [0.29, 0.717) is 0 Å². The lowest BCUT2D eigenvalue weighted by molar-refractivity contribution is -0.118. The summed E-state index contributed by atoms with van der Waals surface area (Å²) in [6.45, 7) is 7.81. The molecule has 0 saturated carbocycles. The topological polar surface area (TPSA) is 38.3 Å². The average molecular weight is 235 g/mol. The fourth-order valence-electron chi connectivity index (χ4n) is 1.64. The van der Waals surface area contributed by atoms with Gasteiger partial charge >= 0.3 is 0 Å². The number of hydrogen-bond acceptors (Lipinski definition) is 2. The molecule has 0 unspecified atom stereocenters. The number of carbonyl (C=O) groups is 1. The van der Waals surface area contributed by atoms with Crippen molar-refractivity contribution < 1.29 is 9.53 Å². The second kappa shape index (κ2) is 5.71. The van der Waals surface area contributed by atoms with Crippen LogP contribution in [0.25, 0.3) is 0 Å². The molecule has 1 aromatic rings. The van der Waals surface area contributed by atoms with Crippen LogP contribution in [0.4, 0.5) is 5.69 Å². The summed E-state index contributed by atoms with van der Waals surface area (Å²) in [5.41, 5.74) is 3.02. The third-order valence-electron chi connectivity index (χ3n) is 2.78. The molecule has 0 radical (unpaired) electrons. The summed E-state index contributed by atoms with van der Waals surface area (Å²) in [6.07, 6.45) is 0.865. The Balaban J connectivity index is 3.06. The molecular formula is C14H21NO2.